The molecular formula is C12H14FN3O6S. The zero-order valence-corrected chi connectivity index (χ0v) is 12.9. The number of halogens is 1. The highest BCUT2D eigenvalue weighted by Crippen LogP contribution is 2.23. The van der Waals surface area contributed by atoms with E-state index in [0.717, 1.165) is 11.1 Å². The number of rotatable bonds is 5. The van der Waals surface area contributed by atoms with Gasteiger partial charge in [-0.1, -0.05) is 0 Å². The Kier molecular flexibility index (Phi) is 4.78. The SMILES string of the molecule is CCOC(=O)c1cnc(N2CC(CS(=O)(=O)F)CC2=O)[nH]c1=O. The molecule has 1 unspecified atom stereocenters. The molecule has 23 heavy (non-hydrogen) atoms. The number of ether oxygens (including phenoxy) is 1. The van der Waals surface area contributed by atoms with Gasteiger partial charge in [-0.15, -0.1) is 3.89 Å². The number of aromatic nitrogens is 2. The molecule has 1 amide bonds. The Hall–Kier alpha value is -2.30. The lowest BCUT2D eigenvalue weighted by atomic mass is 10.1. The minimum absolute atomic E-state index is 0.0873. The van der Waals surface area contributed by atoms with Crippen LogP contribution in [0.15, 0.2) is 11.0 Å². The Labute approximate surface area is 130 Å². The summed E-state index contributed by atoms with van der Waals surface area (Å²) in [4.78, 5) is 42.3. The number of nitrogens with one attached hydrogen (secondary N) is 1. The zero-order chi connectivity index (χ0) is 17.2. The number of anilines is 1. The smallest absolute Gasteiger partial charge is 0.345 e. The maximum atomic E-state index is 12.7. The van der Waals surface area contributed by atoms with E-state index in [2.05, 4.69) is 14.7 Å². The van der Waals surface area contributed by atoms with Gasteiger partial charge >= 0.3 is 16.2 Å². The normalized spacial score (nSPS) is 18.3. The van der Waals surface area contributed by atoms with Crippen molar-refractivity contribution in [3.63, 3.8) is 0 Å². The molecule has 2 heterocycles. The fraction of sp³-hybridized carbons (Fsp3) is 0.500. The number of amides is 1. The molecule has 9 nitrogen and oxygen atoms in total. The fourth-order valence-electron chi connectivity index (χ4n) is 2.26. The highest BCUT2D eigenvalue weighted by Gasteiger charge is 2.35. The quantitative estimate of drug-likeness (QED) is 0.567. The maximum Gasteiger partial charge on any atom is 0.345 e. The van der Waals surface area contributed by atoms with Crippen molar-refractivity contribution in [1.82, 2.24) is 9.97 Å². The van der Waals surface area contributed by atoms with Crippen molar-refractivity contribution >= 4 is 28.0 Å². The Balaban J connectivity index is 2.20. The molecule has 11 heteroatoms. The average Bonchev–Trinajstić information content (AvgIpc) is 2.77. The van der Waals surface area contributed by atoms with Gasteiger partial charge in [-0.25, -0.2) is 9.78 Å². The van der Waals surface area contributed by atoms with Crippen molar-refractivity contribution < 1.29 is 26.6 Å². The molecule has 0 aliphatic carbocycles. The molecule has 1 fully saturated rings. The van der Waals surface area contributed by atoms with Crippen molar-refractivity contribution in [3.05, 3.63) is 22.1 Å². The third kappa shape index (κ3) is 4.12. The van der Waals surface area contributed by atoms with Crippen LogP contribution >= 0.6 is 0 Å². The molecule has 2 rings (SSSR count). The summed E-state index contributed by atoms with van der Waals surface area (Å²) in [5, 5.41) is 0. The van der Waals surface area contributed by atoms with Crippen LogP contribution in [-0.4, -0.2) is 49.2 Å². The first-order valence-corrected chi connectivity index (χ1v) is 8.25. The highest BCUT2D eigenvalue weighted by molar-refractivity contribution is 7.86. The van der Waals surface area contributed by atoms with Crippen LogP contribution in [0.1, 0.15) is 23.7 Å². The van der Waals surface area contributed by atoms with Gasteiger partial charge in [0.15, 0.2) is 0 Å². The van der Waals surface area contributed by atoms with Crippen LogP contribution in [0.3, 0.4) is 0 Å². The highest BCUT2D eigenvalue weighted by atomic mass is 32.3. The molecule has 1 saturated heterocycles. The second-order valence-electron chi connectivity index (χ2n) is 4.95. The molecular weight excluding hydrogens is 333 g/mol. The molecule has 1 aromatic rings. The van der Waals surface area contributed by atoms with Gasteiger partial charge in [0.05, 0.1) is 18.6 Å². The van der Waals surface area contributed by atoms with Crippen molar-refractivity contribution in [1.29, 1.82) is 0 Å². The number of aromatic amines is 1. The lowest BCUT2D eigenvalue weighted by Gasteiger charge is -2.14. The van der Waals surface area contributed by atoms with E-state index in [1.165, 1.54) is 0 Å². The zero-order valence-electron chi connectivity index (χ0n) is 12.1. The van der Waals surface area contributed by atoms with Gasteiger partial charge in [0.25, 0.3) is 5.56 Å². The van der Waals surface area contributed by atoms with Crippen molar-refractivity contribution in [2.75, 3.05) is 23.8 Å². The summed E-state index contributed by atoms with van der Waals surface area (Å²) in [5.41, 5.74) is -1.10. The van der Waals surface area contributed by atoms with Gasteiger partial charge in [-0.2, -0.15) is 8.42 Å². The molecule has 0 aromatic carbocycles. The Bertz CT molecular complexity index is 790. The van der Waals surface area contributed by atoms with Gasteiger partial charge in [0.2, 0.25) is 11.9 Å². The van der Waals surface area contributed by atoms with E-state index in [9.17, 15) is 26.7 Å². The molecule has 1 aliphatic rings. The maximum absolute atomic E-state index is 12.7. The number of hydrogen-bond donors (Lipinski definition) is 1. The second-order valence-corrected chi connectivity index (χ2v) is 6.36. The summed E-state index contributed by atoms with van der Waals surface area (Å²) in [7, 11) is -4.70. The van der Waals surface area contributed by atoms with Gasteiger partial charge in [0.1, 0.15) is 5.56 Å². The first kappa shape index (κ1) is 17.1. The third-order valence-corrected chi connectivity index (χ3v) is 4.05. The minimum Gasteiger partial charge on any atom is -0.462 e. The standard InChI is InChI=1S/C12H14FN3O6S/c1-2-22-11(19)8-4-14-12(15-10(8)18)16-5-7(3-9(16)17)6-23(13,20)21/h4,7H,2-3,5-6H2,1H3,(H,14,15,18). The lowest BCUT2D eigenvalue weighted by Crippen LogP contribution is -2.31. The van der Waals surface area contributed by atoms with Crippen molar-refractivity contribution in [3.8, 4) is 0 Å². The summed E-state index contributed by atoms with van der Waals surface area (Å²) in [6.45, 7) is 1.57. The lowest BCUT2D eigenvalue weighted by molar-refractivity contribution is -0.117. The number of nitrogens with zero attached hydrogens (tertiary/aromatic N) is 2. The number of esters is 1. The van der Waals surface area contributed by atoms with Gasteiger partial charge in [-0.05, 0) is 6.92 Å². The average molecular weight is 347 g/mol. The summed E-state index contributed by atoms with van der Waals surface area (Å²) < 4.78 is 38.7. The van der Waals surface area contributed by atoms with Crippen LogP contribution in [0.4, 0.5) is 9.83 Å². The third-order valence-electron chi connectivity index (χ3n) is 3.18. The summed E-state index contributed by atoms with van der Waals surface area (Å²) >= 11 is 0. The van der Waals surface area contributed by atoms with Crippen LogP contribution in [0, 0.1) is 5.92 Å². The summed E-state index contributed by atoms with van der Waals surface area (Å²) in [6.07, 6.45) is 0.797. The van der Waals surface area contributed by atoms with E-state index in [-0.39, 0.29) is 31.1 Å². The van der Waals surface area contributed by atoms with Crippen molar-refractivity contribution in [2.24, 2.45) is 5.92 Å². The monoisotopic (exact) mass is 347 g/mol. The molecule has 0 saturated carbocycles. The second kappa shape index (κ2) is 6.44. The number of carbonyl (C=O) groups excluding carboxylic acids is 2. The molecule has 0 radical (unpaired) electrons. The number of carbonyl (C=O) groups is 2. The van der Waals surface area contributed by atoms with E-state index in [1.807, 2.05) is 0 Å². The van der Waals surface area contributed by atoms with Crippen LogP contribution in [0.25, 0.3) is 0 Å². The van der Waals surface area contributed by atoms with Crippen LogP contribution < -0.4 is 10.5 Å². The van der Waals surface area contributed by atoms with Crippen LogP contribution in [0.5, 0.6) is 0 Å². The first-order valence-electron chi connectivity index (χ1n) is 6.70. The van der Waals surface area contributed by atoms with Gasteiger partial charge in [-0.3, -0.25) is 19.5 Å². The first-order chi connectivity index (χ1) is 10.7. The van der Waals surface area contributed by atoms with E-state index in [0.29, 0.717) is 0 Å². The topological polar surface area (TPSA) is 126 Å². The Morgan fingerprint density at radius 1 is 1.52 bits per heavy atom. The Morgan fingerprint density at radius 3 is 2.78 bits per heavy atom. The number of H-pyrrole nitrogens is 1. The minimum atomic E-state index is -4.70. The van der Waals surface area contributed by atoms with E-state index in [1.54, 1.807) is 6.92 Å². The fourth-order valence-corrected chi connectivity index (χ4v) is 3.04. The molecule has 126 valence electrons. The summed E-state index contributed by atoms with van der Waals surface area (Å²) in [5.74, 6) is -2.98. The van der Waals surface area contributed by atoms with E-state index >= 15 is 0 Å². The number of hydrogen-bond acceptors (Lipinski definition) is 7. The molecule has 1 N–H and O–H groups in total. The molecule has 1 aliphatic heterocycles. The van der Waals surface area contributed by atoms with Crippen LogP contribution in [-0.2, 0) is 19.8 Å². The summed E-state index contributed by atoms with van der Waals surface area (Å²) in [6, 6.07) is 0. The van der Waals surface area contributed by atoms with Crippen molar-refractivity contribution in [2.45, 2.75) is 13.3 Å². The predicted molar refractivity (Wildman–Crippen MR) is 76.2 cm³/mol. The predicted octanol–water partition coefficient (Wildman–Crippen LogP) is -0.401. The molecule has 0 spiro atoms. The van der Waals surface area contributed by atoms with Gasteiger partial charge in [0, 0.05) is 18.9 Å². The Morgan fingerprint density at radius 2 is 2.22 bits per heavy atom. The molecule has 1 atom stereocenters. The van der Waals surface area contributed by atoms with Gasteiger partial charge < -0.3 is 4.74 Å². The van der Waals surface area contributed by atoms with E-state index in [4.69, 9.17) is 0 Å². The van der Waals surface area contributed by atoms with E-state index < -0.39 is 39.3 Å². The molecule has 0 bridgehead atoms. The van der Waals surface area contributed by atoms with Crippen LogP contribution in [0.2, 0.25) is 0 Å². The molecule has 1 aromatic heterocycles. The largest absolute Gasteiger partial charge is 0.462 e.